The molecule has 0 spiro atoms. The molecular weight excluding hydrogens is 322 g/mol. The Morgan fingerprint density at radius 3 is 2.48 bits per heavy atom. The summed E-state index contributed by atoms with van der Waals surface area (Å²) in [5.74, 6) is -1.76. The Morgan fingerprint density at radius 1 is 1.12 bits per heavy atom. The lowest BCUT2D eigenvalue weighted by Crippen LogP contribution is -2.27. The van der Waals surface area contributed by atoms with Crippen LogP contribution in [-0.4, -0.2) is 12.7 Å². The standard InChI is InChI=1S/C21H28F2O2/c1-3-5-6-10-13-17(16-11-8-7-9-12-16)25-19-15-14-18(24-4-2)20(22)21(19)23/h3,10,13-17H,1,4-9,11-12H2,2H3. The summed E-state index contributed by atoms with van der Waals surface area (Å²) in [6, 6.07) is 2.88. The van der Waals surface area contributed by atoms with Crippen LogP contribution in [0.1, 0.15) is 51.9 Å². The average molecular weight is 350 g/mol. The molecule has 0 bridgehead atoms. The molecule has 1 unspecified atom stereocenters. The number of hydrogen-bond donors (Lipinski definition) is 0. The molecular formula is C21H28F2O2. The van der Waals surface area contributed by atoms with Gasteiger partial charge in [-0.15, -0.1) is 6.58 Å². The molecule has 1 aliphatic rings. The van der Waals surface area contributed by atoms with Crippen LogP contribution < -0.4 is 9.47 Å². The molecule has 0 saturated heterocycles. The van der Waals surface area contributed by atoms with Crippen molar-refractivity contribution in [3.8, 4) is 11.5 Å². The molecule has 1 atom stereocenters. The second kappa shape index (κ2) is 10.2. The highest BCUT2D eigenvalue weighted by atomic mass is 19.2. The SMILES string of the molecule is C=CCCC=CC(Oc1ccc(OCC)c(F)c1F)C1CCCCC1. The van der Waals surface area contributed by atoms with Crippen LogP contribution in [-0.2, 0) is 0 Å². The minimum Gasteiger partial charge on any atom is -0.491 e. The molecule has 0 aromatic heterocycles. The predicted molar refractivity (Wildman–Crippen MR) is 97.1 cm³/mol. The van der Waals surface area contributed by atoms with Crippen molar-refractivity contribution in [1.29, 1.82) is 0 Å². The minimum absolute atomic E-state index is 0.0510. The van der Waals surface area contributed by atoms with Gasteiger partial charge in [-0.1, -0.05) is 31.4 Å². The smallest absolute Gasteiger partial charge is 0.204 e. The van der Waals surface area contributed by atoms with E-state index in [2.05, 4.69) is 6.58 Å². The van der Waals surface area contributed by atoms with E-state index in [0.717, 1.165) is 38.5 Å². The van der Waals surface area contributed by atoms with Gasteiger partial charge < -0.3 is 9.47 Å². The van der Waals surface area contributed by atoms with Crippen molar-refractivity contribution >= 4 is 0 Å². The van der Waals surface area contributed by atoms with Crippen LogP contribution in [0, 0.1) is 17.6 Å². The zero-order chi connectivity index (χ0) is 18.1. The molecule has 138 valence electrons. The Hall–Kier alpha value is -1.84. The van der Waals surface area contributed by atoms with Crippen LogP contribution in [0.15, 0.2) is 36.9 Å². The number of benzene rings is 1. The molecule has 1 aliphatic carbocycles. The maximum Gasteiger partial charge on any atom is 0.204 e. The molecule has 0 heterocycles. The van der Waals surface area contributed by atoms with E-state index in [9.17, 15) is 8.78 Å². The van der Waals surface area contributed by atoms with Gasteiger partial charge >= 0.3 is 0 Å². The summed E-state index contributed by atoms with van der Waals surface area (Å²) in [6.07, 6.45) is 13.1. The highest BCUT2D eigenvalue weighted by molar-refractivity contribution is 5.35. The third-order valence-electron chi connectivity index (χ3n) is 4.55. The Kier molecular flexibility index (Phi) is 7.96. The Labute approximate surface area is 149 Å². The second-order valence-electron chi connectivity index (χ2n) is 6.40. The number of halogens is 2. The molecule has 1 saturated carbocycles. The van der Waals surface area contributed by atoms with Gasteiger partial charge in [0.1, 0.15) is 6.10 Å². The maximum absolute atomic E-state index is 14.3. The normalized spacial score (nSPS) is 16.8. The van der Waals surface area contributed by atoms with Crippen molar-refractivity contribution < 1.29 is 18.3 Å². The van der Waals surface area contributed by atoms with E-state index >= 15 is 0 Å². The fourth-order valence-corrected chi connectivity index (χ4v) is 3.22. The molecule has 0 radical (unpaired) electrons. The fraction of sp³-hybridized carbons (Fsp3) is 0.524. The van der Waals surface area contributed by atoms with Crippen molar-refractivity contribution in [2.75, 3.05) is 6.61 Å². The summed E-state index contributed by atoms with van der Waals surface area (Å²) in [5.41, 5.74) is 0. The Morgan fingerprint density at radius 2 is 1.80 bits per heavy atom. The zero-order valence-corrected chi connectivity index (χ0v) is 15.0. The van der Waals surface area contributed by atoms with Crippen molar-refractivity contribution in [2.24, 2.45) is 5.92 Å². The first kappa shape index (κ1) is 19.5. The quantitative estimate of drug-likeness (QED) is 0.389. The fourth-order valence-electron chi connectivity index (χ4n) is 3.22. The third-order valence-corrected chi connectivity index (χ3v) is 4.55. The largest absolute Gasteiger partial charge is 0.491 e. The Bertz CT molecular complexity index is 578. The molecule has 0 amide bonds. The monoisotopic (exact) mass is 350 g/mol. The lowest BCUT2D eigenvalue weighted by atomic mass is 9.85. The molecule has 0 aliphatic heterocycles. The van der Waals surface area contributed by atoms with Gasteiger partial charge in [0.25, 0.3) is 0 Å². The van der Waals surface area contributed by atoms with Crippen LogP contribution in [0.5, 0.6) is 11.5 Å². The minimum atomic E-state index is -0.989. The average Bonchev–Trinajstić information content (AvgIpc) is 2.64. The second-order valence-corrected chi connectivity index (χ2v) is 6.40. The van der Waals surface area contributed by atoms with E-state index in [0.29, 0.717) is 5.92 Å². The van der Waals surface area contributed by atoms with Gasteiger partial charge in [0.2, 0.25) is 11.6 Å². The molecule has 2 rings (SSSR count). The van der Waals surface area contributed by atoms with Gasteiger partial charge in [-0.2, -0.15) is 8.78 Å². The maximum atomic E-state index is 14.3. The van der Waals surface area contributed by atoms with Crippen molar-refractivity contribution in [1.82, 2.24) is 0 Å². The molecule has 1 aromatic rings. The first-order valence-electron chi connectivity index (χ1n) is 9.22. The van der Waals surface area contributed by atoms with Gasteiger partial charge in [-0.25, -0.2) is 0 Å². The summed E-state index contributed by atoms with van der Waals surface area (Å²) in [4.78, 5) is 0. The lowest BCUT2D eigenvalue weighted by molar-refractivity contribution is 0.139. The first-order chi connectivity index (χ1) is 12.2. The molecule has 0 N–H and O–H groups in total. The summed E-state index contributed by atoms with van der Waals surface area (Å²) < 4.78 is 39.4. The van der Waals surface area contributed by atoms with Crippen LogP contribution in [0.2, 0.25) is 0 Å². The van der Waals surface area contributed by atoms with E-state index in [1.807, 2.05) is 18.2 Å². The number of rotatable bonds is 9. The van der Waals surface area contributed by atoms with E-state index in [-0.39, 0.29) is 24.2 Å². The summed E-state index contributed by atoms with van der Waals surface area (Å²) in [7, 11) is 0. The highest BCUT2D eigenvalue weighted by Gasteiger charge is 2.25. The van der Waals surface area contributed by atoms with E-state index < -0.39 is 11.6 Å². The summed E-state index contributed by atoms with van der Waals surface area (Å²) in [6.45, 7) is 5.73. The van der Waals surface area contributed by atoms with Gasteiger partial charge in [0.05, 0.1) is 6.61 Å². The summed E-state index contributed by atoms with van der Waals surface area (Å²) >= 11 is 0. The van der Waals surface area contributed by atoms with Crippen LogP contribution >= 0.6 is 0 Å². The van der Waals surface area contributed by atoms with Crippen molar-refractivity contribution in [3.63, 3.8) is 0 Å². The van der Waals surface area contributed by atoms with Crippen LogP contribution in [0.25, 0.3) is 0 Å². The lowest BCUT2D eigenvalue weighted by Gasteiger charge is -2.29. The molecule has 1 aromatic carbocycles. The zero-order valence-electron chi connectivity index (χ0n) is 15.0. The topological polar surface area (TPSA) is 18.5 Å². The van der Waals surface area contributed by atoms with Crippen LogP contribution in [0.4, 0.5) is 8.78 Å². The predicted octanol–water partition coefficient (Wildman–Crippen LogP) is 6.21. The third kappa shape index (κ3) is 5.58. The number of ether oxygens (including phenoxy) is 2. The van der Waals surface area contributed by atoms with Crippen LogP contribution in [0.3, 0.4) is 0 Å². The molecule has 1 fully saturated rings. The summed E-state index contributed by atoms with van der Waals surface area (Å²) in [5, 5.41) is 0. The first-order valence-corrected chi connectivity index (χ1v) is 9.22. The van der Waals surface area contributed by atoms with Gasteiger partial charge in [0, 0.05) is 0 Å². The molecule has 2 nitrogen and oxygen atoms in total. The van der Waals surface area contributed by atoms with Crippen molar-refractivity contribution in [3.05, 3.63) is 48.6 Å². The van der Waals surface area contributed by atoms with E-state index in [4.69, 9.17) is 9.47 Å². The Balaban J connectivity index is 2.15. The molecule has 4 heteroatoms. The van der Waals surface area contributed by atoms with Gasteiger partial charge in [0.15, 0.2) is 11.5 Å². The van der Waals surface area contributed by atoms with E-state index in [1.54, 1.807) is 6.92 Å². The number of allylic oxidation sites excluding steroid dienone is 2. The van der Waals surface area contributed by atoms with Crippen molar-refractivity contribution in [2.45, 2.75) is 58.0 Å². The highest BCUT2D eigenvalue weighted by Crippen LogP contribution is 2.33. The van der Waals surface area contributed by atoms with Gasteiger partial charge in [-0.3, -0.25) is 0 Å². The number of hydrogen-bond acceptors (Lipinski definition) is 2. The van der Waals surface area contributed by atoms with Gasteiger partial charge in [-0.05, 0) is 56.7 Å². The number of unbranched alkanes of at least 4 members (excludes halogenated alkanes) is 1. The molecule has 25 heavy (non-hydrogen) atoms. The van der Waals surface area contributed by atoms with E-state index in [1.165, 1.54) is 18.6 Å².